The first-order valence-electron chi connectivity index (χ1n) is 9.57. The summed E-state index contributed by atoms with van der Waals surface area (Å²) in [5.41, 5.74) is 2.64. The van der Waals surface area contributed by atoms with Crippen LogP contribution in [0, 0.1) is 0 Å². The van der Waals surface area contributed by atoms with E-state index in [0.29, 0.717) is 0 Å². The number of hydrogen-bond donors (Lipinski definition) is 1. The molecule has 2 aromatic heterocycles. The minimum absolute atomic E-state index is 1.03. The zero-order valence-electron chi connectivity index (χ0n) is 15.0. The Morgan fingerprint density at radius 2 is 1.73 bits per heavy atom. The molecule has 4 heteroatoms. The van der Waals surface area contributed by atoms with Crippen LogP contribution < -0.4 is 15.5 Å². The summed E-state index contributed by atoms with van der Waals surface area (Å²) in [4.78, 5) is 13.5. The lowest BCUT2D eigenvalue weighted by molar-refractivity contribution is 0.249. The Morgan fingerprint density at radius 1 is 0.923 bits per heavy atom. The molecule has 1 N–H and O–H groups in total. The van der Waals surface area contributed by atoms with Crippen molar-refractivity contribution in [2.24, 2.45) is 0 Å². The highest BCUT2D eigenvalue weighted by Gasteiger charge is 2.21. The van der Waals surface area contributed by atoms with Crippen molar-refractivity contribution >= 4 is 28.9 Å². The molecule has 0 radical (unpaired) electrons. The number of nitrogens with one attached hydrogen (secondary N) is 1. The third-order valence-electron chi connectivity index (χ3n) is 5.53. The number of piperazine rings is 1. The molecule has 2 aliphatic rings. The van der Waals surface area contributed by atoms with Gasteiger partial charge in [0.15, 0.2) is 0 Å². The van der Waals surface area contributed by atoms with Gasteiger partial charge in [-0.15, -0.1) is 0 Å². The molecule has 0 bridgehead atoms. The smallest absolute Gasteiger partial charge is 0.138 e. The van der Waals surface area contributed by atoms with E-state index in [-0.39, 0.29) is 0 Å². The molecule has 0 spiro atoms. The van der Waals surface area contributed by atoms with Gasteiger partial charge < -0.3 is 9.88 Å². The summed E-state index contributed by atoms with van der Waals surface area (Å²) in [5, 5.41) is 3.68. The molecule has 1 aromatic carbocycles. The molecular weight excluding hydrogens is 320 g/mol. The van der Waals surface area contributed by atoms with Crippen LogP contribution in [0.25, 0.3) is 23.1 Å². The topological polar surface area (TPSA) is 35.2 Å². The molecule has 26 heavy (non-hydrogen) atoms. The summed E-state index contributed by atoms with van der Waals surface area (Å²) < 4.78 is 0. The number of rotatable bonds is 3. The Morgan fingerprint density at radius 3 is 2.58 bits per heavy atom. The highest BCUT2D eigenvalue weighted by Crippen LogP contribution is 2.22. The molecule has 1 fully saturated rings. The summed E-state index contributed by atoms with van der Waals surface area (Å²) in [6, 6.07) is 12.9. The number of aromatic nitrogens is 2. The van der Waals surface area contributed by atoms with Crippen molar-refractivity contribution in [3.8, 4) is 0 Å². The Kier molecular flexibility index (Phi) is 3.98. The zero-order chi connectivity index (χ0) is 17.3. The molecule has 5 rings (SSSR count). The average Bonchev–Trinajstić information content (AvgIpc) is 3.19. The minimum Gasteiger partial charge on any atom is -0.361 e. The normalized spacial score (nSPS) is 17.6. The van der Waals surface area contributed by atoms with Gasteiger partial charge in [-0.05, 0) is 24.5 Å². The van der Waals surface area contributed by atoms with Gasteiger partial charge in [0.2, 0.25) is 0 Å². The molecule has 3 heterocycles. The van der Waals surface area contributed by atoms with E-state index in [1.165, 1.54) is 21.7 Å². The standard InChI is InChI=1S/C22H24N4/c1-2-6-17(7-3-1)16-25-12-14-26(15-13-25)22-19-10-11-23-21(19)18-8-4-5-9-20(18)24-22/h1-3,6-11,23H,4-5,12-16H2. The molecule has 0 atom stereocenters. The van der Waals surface area contributed by atoms with Crippen LogP contribution in [0.1, 0.15) is 18.4 Å². The molecule has 132 valence electrons. The van der Waals surface area contributed by atoms with Gasteiger partial charge in [-0.25, -0.2) is 4.98 Å². The maximum absolute atomic E-state index is 5.05. The van der Waals surface area contributed by atoms with Crippen LogP contribution in [0.2, 0.25) is 0 Å². The summed E-state index contributed by atoms with van der Waals surface area (Å²) in [5.74, 6) is 1.14. The Bertz CT molecular complexity index is 1030. The molecule has 4 nitrogen and oxygen atoms in total. The van der Waals surface area contributed by atoms with Crippen LogP contribution in [0.15, 0.2) is 42.6 Å². The predicted octanol–water partition coefficient (Wildman–Crippen LogP) is 2.24. The first-order chi connectivity index (χ1) is 12.9. The van der Waals surface area contributed by atoms with Crippen molar-refractivity contribution in [3.05, 3.63) is 58.7 Å². The van der Waals surface area contributed by atoms with Crippen LogP contribution in [0.5, 0.6) is 0 Å². The van der Waals surface area contributed by atoms with Crippen molar-refractivity contribution in [3.63, 3.8) is 0 Å². The molecule has 0 amide bonds. The molecule has 1 saturated heterocycles. The van der Waals surface area contributed by atoms with E-state index in [0.717, 1.165) is 56.7 Å². The summed E-state index contributed by atoms with van der Waals surface area (Å²) in [7, 11) is 0. The van der Waals surface area contributed by atoms with Crippen molar-refractivity contribution in [2.45, 2.75) is 19.4 Å². The quantitative estimate of drug-likeness (QED) is 0.791. The van der Waals surface area contributed by atoms with E-state index in [1.807, 2.05) is 6.20 Å². The average molecular weight is 344 g/mol. The molecule has 1 aliphatic carbocycles. The number of anilines is 1. The fourth-order valence-electron chi connectivity index (χ4n) is 4.15. The Labute approximate surface area is 153 Å². The third kappa shape index (κ3) is 2.80. The molecule has 0 saturated carbocycles. The van der Waals surface area contributed by atoms with E-state index < -0.39 is 0 Å². The largest absolute Gasteiger partial charge is 0.361 e. The molecule has 3 aromatic rings. The number of pyridine rings is 1. The maximum Gasteiger partial charge on any atom is 0.138 e. The van der Waals surface area contributed by atoms with E-state index in [9.17, 15) is 0 Å². The highest BCUT2D eigenvalue weighted by atomic mass is 15.3. The van der Waals surface area contributed by atoms with Gasteiger partial charge in [0.1, 0.15) is 5.82 Å². The van der Waals surface area contributed by atoms with Gasteiger partial charge in [0.25, 0.3) is 0 Å². The van der Waals surface area contributed by atoms with Gasteiger partial charge in [-0.2, -0.15) is 0 Å². The number of aromatic amines is 1. The first-order valence-corrected chi connectivity index (χ1v) is 9.57. The van der Waals surface area contributed by atoms with E-state index in [1.54, 1.807) is 0 Å². The SMILES string of the molecule is C1=c2nc(N3CCN(Cc4ccccc4)CC3)c3cc[nH]c3c2=CCC1. The fourth-order valence-corrected chi connectivity index (χ4v) is 4.15. The molecule has 0 unspecified atom stereocenters. The molecule has 1 aliphatic heterocycles. The number of fused-ring (bicyclic) bond motifs is 3. The first kappa shape index (κ1) is 15.6. The second-order valence-electron chi connectivity index (χ2n) is 7.24. The zero-order valence-corrected chi connectivity index (χ0v) is 15.0. The number of nitrogens with zero attached hydrogens (tertiary/aromatic N) is 3. The summed E-state index contributed by atoms with van der Waals surface area (Å²) in [6.45, 7) is 5.25. The number of H-pyrrole nitrogens is 1. The fraction of sp³-hybridized carbons (Fsp3) is 0.318. The van der Waals surface area contributed by atoms with Crippen LogP contribution in [0.4, 0.5) is 5.82 Å². The second-order valence-corrected chi connectivity index (χ2v) is 7.24. The Hall–Kier alpha value is -2.59. The maximum atomic E-state index is 5.05. The number of hydrogen-bond acceptors (Lipinski definition) is 3. The van der Waals surface area contributed by atoms with E-state index >= 15 is 0 Å². The summed E-state index contributed by atoms with van der Waals surface area (Å²) in [6.07, 6.45) is 8.86. The monoisotopic (exact) mass is 344 g/mol. The lowest BCUT2D eigenvalue weighted by atomic mass is 10.1. The van der Waals surface area contributed by atoms with Crippen LogP contribution >= 0.6 is 0 Å². The van der Waals surface area contributed by atoms with Crippen LogP contribution in [0.3, 0.4) is 0 Å². The second kappa shape index (κ2) is 6.61. The third-order valence-corrected chi connectivity index (χ3v) is 5.53. The Balaban J connectivity index is 1.40. The van der Waals surface area contributed by atoms with Crippen molar-refractivity contribution in [1.29, 1.82) is 0 Å². The van der Waals surface area contributed by atoms with Gasteiger partial charge in [0, 0.05) is 49.5 Å². The summed E-state index contributed by atoms with van der Waals surface area (Å²) >= 11 is 0. The van der Waals surface area contributed by atoms with E-state index in [2.05, 4.69) is 63.3 Å². The lowest BCUT2D eigenvalue weighted by Crippen LogP contribution is -2.47. The predicted molar refractivity (Wildman–Crippen MR) is 107 cm³/mol. The van der Waals surface area contributed by atoms with Crippen molar-refractivity contribution in [2.75, 3.05) is 31.1 Å². The lowest BCUT2D eigenvalue weighted by Gasteiger charge is -2.35. The number of benzene rings is 1. The van der Waals surface area contributed by atoms with Gasteiger partial charge in [-0.1, -0.05) is 42.5 Å². The van der Waals surface area contributed by atoms with Crippen molar-refractivity contribution < 1.29 is 0 Å². The van der Waals surface area contributed by atoms with Crippen molar-refractivity contribution in [1.82, 2.24) is 14.9 Å². The highest BCUT2D eigenvalue weighted by molar-refractivity contribution is 5.91. The van der Waals surface area contributed by atoms with Gasteiger partial charge >= 0.3 is 0 Å². The van der Waals surface area contributed by atoms with Crippen LogP contribution in [-0.4, -0.2) is 41.0 Å². The molecular formula is C22H24N4. The van der Waals surface area contributed by atoms with Gasteiger partial charge in [0.05, 0.1) is 10.9 Å². The minimum atomic E-state index is 1.03. The van der Waals surface area contributed by atoms with Gasteiger partial charge in [-0.3, -0.25) is 4.90 Å². The van der Waals surface area contributed by atoms with E-state index in [4.69, 9.17) is 4.98 Å². The van der Waals surface area contributed by atoms with Crippen LogP contribution in [-0.2, 0) is 6.54 Å².